The van der Waals surface area contributed by atoms with Crippen molar-refractivity contribution in [3.63, 3.8) is 0 Å². The average molecular weight is 293 g/mol. The largest absolute Gasteiger partial charge is 0.373 e. The minimum absolute atomic E-state index is 0.0206. The molecule has 0 aromatic carbocycles. The van der Waals surface area contributed by atoms with Crippen LogP contribution >= 0.6 is 11.3 Å². The van der Waals surface area contributed by atoms with E-state index in [-0.39, 0.29) is 5.69 Å². The molecule has 2 aromatic rings. The van der Waals surface area contributed by atoms with Gasteiger partial charge in [-0.1, -0.05) is 0 Å². The highest BCUT2D eigenvalue weighted by Gasteiger charge is 2.14. The van der Waals surface area contributed by atoms with Gasteiger partial charge in [-0.15, -0.1) is 11.3 Å². The number of hydrogen-bond donors (Lipinski definition) is 1. The van der Waals surface area contributed by atoms with Crippen LogP contribution in [0.4, 0.5) is 17.3 Å². The van der Waals surface area contributed by atoms with Crippen LogP contribution < -0.4 is 10.2 Å². The molecule has 0 amide bonds. The Morgan fingerprint density at radius 1 is 1.50 bits per heavy atom. The van der Waals surface area contributed by atoms with E-state index in [2.05, 4.69) is 15.3 Å². The summed E-state index contributed by atoms with van der Waals surface area (Å²) in [6.45, 7) is 2.56. The molecule has 0 aliphatic heterocycles. The Labute approximate surface area is 120 Å². The number of anilines is 2. The highest BCUT2D eigenvalue weighted by atomic mass is 32.1. The lowest BCUT2D eigenvalue weighted by atomic mass is 10.3. The third-order valence-electron chi connectivity index (χ3n) is 2.88. The van der Waals surface area contributed by atoms with Gasteiger partial charge in [-0.2, -0.15) is 0 Å². The fourth-order valence-electron chi connectivity index (χ4n) is 1.71. The predicted octanol–water partition coefficient (Wildman–Crippen LogP) is 2.43. The van der Waals surface area contributed by atoms with Gasteiger partial charge in [0.1, 0.15) is 11.6 Å². The summed E-state index contributed by atoms with van der Waals surface area (Å²) < 4.78 is 0. The fraction of sp³-hybridized carbons (Fsp3) is 0.333. The van der Waals surface area contributed by atoms with E-state index < -0.39 is 4.92 Å². The van der Waals surface area contributed by atoms with Crippen molar-refractivity contribution in [2.75, 3.05) is 24.3 Å². The highest BCUT2D eigenvalue weighted by molar-refractivity contribution is 7.09. The van der Waals surface area contributed by atoms with Crippen LogP contribution in [0.3, 0.4) is 0 Å². The van der Waals surface area contributed by atoms with E-state index in [1.807, 2.05) is 18.9 Å². The van der Waals surface area contributed by atoms with Crippen molar-refractivity contribution in [2.45, 2.75) is 13.5 Å². The number of thiazole rings is 1. The third kappa shape index (κ3) is 3.02. The lowest BCUT2D eigenvalue weighted by Crippen LogP contribution is -2.18. The van der Waals surface area contributed by atoms with E-state index in [0.717, 1.165) is 10.6 Å². The Morgan fingerprint density at radius 2 is 2.25 bits per heavy atom. The Balaban J connectivity index is 2.29. The first-order valence-corrected chi connectivity index (χ1v) is 6.83. The molecule has 2 rings (SSSR count). The molecular formula is C12H15N5O2S. The van der Waals surface area contributed by atoms with Crippen LogP contribution in [0.5, 0.6) is 0 Å². The molecule has 20 heavy (non-hydrogen) atoms. The van der Waals surface area contributed by atoms with E-state index >= 15 is 0 Å². The molecule has 2 aromatic heterocycles. The van der Waals surface area contributed by atoms with E-state index in [4.69, 9.17) is 0 Å². The Morgan fingerprint density at radius 3 is 2.80 bits per heavy atom. The lowest BCUT2D eigenvalue weighted by Gasteiger charge is -2.18. The number of pyridine rings is 1. The quantitative estimate of drug-likeness (QED) is 0.673. The van der Waals surface area contributed by atoms with E-state index in [0.29, 0.717) is 18.2 Å². The topological polar surface area (TPSA) is 84.2 Å². The van der Waals surface area contributed by atoms with Crippen molar-refractivity contribution in [1.29, 1.82) is 0 Å². The molecule has 0 saturated heterocycles. The number of nitrogens with zero attached hydrogens (tertiary/aromatic N) is 4. The van der Waals surface area contributed by atoms with Gasteiger partial charge < -0.3 is 10.2 Å². The van der Waals surface area contributed by atoms with Crippen LogP contribution in [0, 0.1) is 17.0 Å². The summed E-state index contributed by atoms with van der Waals surface area (Å²) in [6, 6.07) is 2.88. The van der Waals surface area contributed by atoms with Crippen molar-refractivity contribution in [1.82, 2.24) is 9.97 Å². The van der Waals surface area contributed by atoms with Crippen LogP contribution in [0.15, 0.2) is 17.6 Å². The zero-order chi connectivity index (χ0) is 14.7. The summed E-state index contributed by atoms with van der Waals surface area (Å²) >= 11 is 1.56. The molecular weight excluding hydrogens is 278 g/mol. The molecule has 0 atom stereocenters. The van der Waals surface area contributed by atoms with Gasteiger partial charge in [-0.25, -0.2) is 9.97 Å². The van der Waals surface area contributed by atoms with E-state index in [1.54, 1.807) is 23.9 Å². The average Bonchev–Trinajstić information content (AvgIpc) is 2.83. The number of aryl methyl sites for hydroxylation is 1. The first-order chi connectivity index (χ1) is 9.51. The smallest absolute Gasteiger partial charge is 0.276 e. The minimum atomic E-state index is -0.419. The van der Waals surface area contributed by atoms with Gasteiger partial charge in [0.2, 0.25) is 0 Å². The number of nitrogens with one attached hydrogen (secondary N) is 1. The van der Waals surface area contributed by atoms with Crippen LogP contribution in [0.25, 0.3) is 0 Å². The zero-order valence-electron chi connectivity index (χ0n) is 11.5. The molecule has 0 bridgehead atoms. The Hall–Kier alpha value is -2.22. The first kappa shape index (κ1) is 14.2. The second kappa shape index (κ2) is 5.83. The van der Waals surface area contributed by atoms with Crippen molar-refractivity contribution in [3.8, 4) is 0 Å². The van der Waals surface area contributed by atoms with E-state index in [1.165, 1.54) is 12.1 Å². The number of aromatic nitrogens is 2. The molecule has 0 fully saturated rings. The van der Waals surface area contributed by atoms with Gasteiger partial charge in [0, 0.05) is 19.0 Å². The SMILES string of the molecule is CNc1cc([N+](=O)[O-])cc(N(C)Cc2scnc2C)n1. The number of nitro groups is 1. The molecule has 106 valence electrons. The third-order valence-corrected chi connectivity index (χ3v) is 3.80. The summed E-state index contributed by atoms with van der Waals surface area (Å²) in [6.07, 6.45) is 0. The molecule has 0 unspecified atom stereocenters. The molecule has 0 radical (unpaired) electrons. The van der Waals surface area contributed by atoms with Gasteiger partial charge in [-0.3, -0.25) is 10.1 Å². The van der Waals surface area contributed by atoms with Gasteiger partial charge in [0.25, 0.3) is 5.69 Å². The maximum Gasteiger partial charge on any atom is 0.276 e. The second-order valence-corrected chi connectivity index (χ2v) is 5.23. The summed E-state index contributed by atoms with van der Waals surface area (Å²) in [7, 11) is 3.54. The Bertz CT molecular complexity index is 628. The number of hydrogen-bond acceptors (Lipinski definition) is 7. The van der Waals surface area contributed by atoms with Crippen molar-refractivity contribution in [3.05, 3.63) is 38.3 Å². The molecule has 2 heterocycles. The van der Waals surface area contributed by atoms with E-state index in [9.17, 15) is 10.1 Å². The summed E-state index contributed by atoms with van der Waals surface area (Å²) in [5.74, 6) is 1.03. The first-order valence-electron chi connectivity index (χ1n) is 5.95. The van der Waals surface area contributed by atoms with Crippen LogP contribution in [0.1, 0.15) is 10.6 Å². The van der Waals surface area contributed by atoms with Crippen molar-refractivity contribution >= 4 is 28.7 Å². The molecule has 1 N–H and O–H groups in total. The summed E-state index contributed by atoms with van der Waals surface area (Å²) in [5, 5.41) is 13.8. The zero-order valence-corrected chi connectivity index (χ0v) is 12.3. The van der Waals surface area contributed by atoms with Crippen LogP contribution in [-0.4, -0.2) is 29.0 Å². The molecule has 0 aliphatic rings. The van der Waals surface area contributed by atoms with Gasteiger partial charge in [-0.05, 0) is 6.92 Å². The van der Waals surface area contributed by atoms with Crippen LogP contribution in [-0.2, 0) is 6.54 Å². The van der Waals surface area contributed by atoms with Crippen molar-refractivity contribution < 1.29 is 4.92 Å². The van der Waals surface area contributed by atoms with Crippen LogP contribution in [0.2, 0.25) is 0 Å². The fourth-order valence-corrected chi connectivity index (χ4v) is 2.53. The standard InChI is InChI=1S/C12H15N5O2S/c1-8-10(20-7-14-8)6-16(3)12-5-9(17(18)19)4-11(13-2)15-12/h4-5,7H,6H2,1-3H3,(H,13,15). The highest BCUT2D eigenvalue weighted by Crippen LogP contribution is 2.24. The van der Waals surface area contributed by atoms with Gasteiger partial charge in [0.15, 0.2) is 0 Å². The monoisotopic (exact) mass is 293 g/mol. The summed E-state index contributed by atoms with van der Waals surface area (Å²) in [4.78, 5) is 22.0. The maximum atomic E-state index is 10.9. The molecule has 8 heteroatoms. The minimum Gasteiger partial charge on any atom is -0.373 e. The second-order valence-electron chi connectivity index (χ2n) is 4.29. The summed E-state index contributed by atoms with van der Waals surface area (Å²) in [5.41, 5.74) is 2.78. The lowest BCUT2D eigenvalue weighted by molar-refractivity contribution is -0.384. The Kier molecular flexibility index (Phi) is 4.14. The maximum absolute atomic E-state index is 10.9. The number of rotatable bonds is 5. The van der Waals surface area contributed by atoms with Gasteiger partial charge in [0.05, 0.1) is 34.8 Å². The molecule has 0 saturated carbocycles. The molecule has 7 nitrogen and oxygen atoms in total. The molecule has 0 aliphatic carbocycles. The molecule has 0 spiro atoms. The van der Waals surface area contributed by atoms with Crippen molar-refractivity contribution in [2.24, 2.45) is 0 Å². The van der Waals surface area contributed by atoms with Gasteiger partial charge >= 0.3 is 0 Å². The predicted molar refractivity (Wildman–Crippen MR) is 79.4 cm³/mol. The normalized spacial score (nSPS) is 10.3.